The molecule has 0 saturated heterocycles. The second-order valence-corrected chi connectivity index (χ2v) is 3.79. The number of phenolic OH excluding ortho intramolecular Hbond substituents is 1. The van der Waals surface area contributed by atoms with Gasteiger partial charge in [0.25, 0.3) is 0 Å². The fourth-order valence-corrected chi connectivity index (χ4v) is 1.26. The van der Waals surface area contributed by atoms with Crippen LogP contribution in [0, 0.1) is 6.92 Å². The standard InChI is InChI=1S/C12H15NO4/c1-7-6-10(4-5-11(7)15)17-12(16)8(2)13-9(3)14/h4-6,8,15H,1-3H3,(H,13,14)/t8-/m0/s1. The number of esters is 1. The number of hydrogen-bond donors (Lipinski definition) is 2. The van der Waals surface area contributed by atoms with Crippen molar-refractivity contribution in [1.29, 1.82) is 0 Å². The van der Waals surface area contributed by atoms with Gasteiger partial charge in [0.1, 0.15) is 17.5 Å². The first-order valence-electron chi connectivity index (χ1n) is 5.18. The van der Waals surface area contributed by atoms with Gasteiger partial charge in [0.2, 0.25) is 5.91 Å². The summed E-state index contributed by atoms with van der Waals surface area (Å²) < 4.78 is 5.05. The molecule has 0 spiro atoms. The smallest absolute Gasteiger partial charge is 0.333 e. The summed E-state index contributed by atoms with van der Waals surface area (Å²) in [5.74, 6) is -0.371. The minimum atomic E-state index is -0.707. The number of carbonyl (C=O) groups excluding carboxylic acids is 2. The third kappa shape index (κ3) is 3.79. The molecule has 0 aliphatic heterocycles. The number of aromatic hydroxyl groups is 1. The molecule has 0 aliphatic carbocycles. The average Bonchev–Trinajstić information content (AvgIpc) is 2.22. The van der Waals surface area contributed by atoms with E-state index in [-0.39, 0.29) is 11.7 Å². The number of aryl methyl sites for hydroxylation is 1. The minimum Gasteiger partial charge on any atom is -0.508 e. The SMILES string of the molecule is CC(=O)N[C@@H](C)C(=O)Oc1ccc(O)c(C)c1. The van der Waals surface area contributed by atoms with Gasteiger partial charge in [0.15, 0.2) is 0 Å². The van der Waals surface area contributed by atoms with Crippen LogP contribution in [0.2, 0.25) is 0 Å². The van der Waals surface area contributed by atoms with Crippen LogP contribution in [0.1, 0.15) is 19.4 Å². The molecule has 0 saturated carbocycles. The normalized spacial score (nSPS) is 11.7. The quantitative estimate of drug-likeness (QED) is 0.610. The number of nitrogens with one attached hydrogen (secondary N) is 1. The van der Waals surface area contributed by atoms with Crippen molar-refractivity contribution in [2.75, 3.05) is 0 Å². The van der Waals surface area contributed by atoms with E-state index in [1.54, 1.807) is 13.0 Å². The largest absolute Gasteiger partial charge is 0.508 e. The van der Waals surface area contributed by atoms with Gasteiger partial charge in [-0.2, -0.15) is 0 Å². The molecule has 0 unspecified atom stereocenters. The molecule has 0 heterocycles. The highest BCUT2D eigenvalue weighted by molar-refractivity contribution is 5.84. The third-order valence-corrected chi connectivity index (χ3v) is 2.16. The van der Waals surface area contributed by atoms with E-state index in [9.17, 15) is 14.7 Å². The van der Waals surface area contributed by atoms with E-state index >= 15 is 0 Å². The lowest BCUT2D eigenvalue weighted by molar-refractivity contribution is -0.138. The maximum Gasteiger partial charge on any atom is 0.333 e. The highest BCUT2D eigenvalue weighted by Crippen LogP contribution is 2.21. The fraction of sp³-hybridized carbons (Fsp3) is 0.333. The summed E-state index contributed by atoms with van der Waals surface area (Å²) in [6, 6.07) is 3.77. The van der Waals surface area contributed by atoms with Crippen LogP contribution in [0.3, 0.4) is 0 Å². The molecule has 92 valence electrons. The van der Waals surface area contributed by atoms with Crippen LogP contribution in [0.25, 0.3) is 0 Å². The second kappa shape index (κ2) is 5.34. The first-order chi connectivity index (χ1) is 7.90. The predicted octanol–water partition coefficient (Wildman–Crippen LogP) is 1.13. The summed E-state index contributed by atoms with van der Waals surface area (Å²) >= 11 is 0. The van der Waals surface area contributed by atoms with Gasteiger partial charge in [-0.05, 0) is 37.6 Å². The first-order valence-corrected chi connectivity index (χ1v) is 5.18. The first kappa shape index (κ1) is 13.0. The number of benzene rings is 1. The topological polar surface area (TPSA) is 75.6 Å². The Balaban J connectivity index is 2.67. The summed E-state index contributed by atoms with van der Waals surface area (Å²) in [6.07, 6.45) is 0. The maximum absolute atomic E-state index is 11.5. The highest BCUT2D eigenvalue weighted by atomic mass is 16.5. The molecule has 0 fully saturated rings. The van der Waals surface area contributed by atoms with Gasteiger partial charge >= 0.3 is 5.97 Å². The molecular formula is C12H15NO4. The Labute approximate surface area is 99.4 Å². The van der Waals surface area contributed by atoms with Crippen LogP contribution in [-0.4, -0.2) is 23.0 Å². The Morgan fingerprint density at radius 2 is 2.06 bits per heavy atom. The average molecular weight is 237 g/mol. The second-order valence-electron chi connectivity index (χ2n) is 3.79. The van der Waals surface area contributed by atoms with E-state index in [2.05, 4.69) is 5.32 Å². The Morgan fingerprint density at radius 3 is 2.59 bits per heavy atom. The molecule has 0 radical (unpaired) electrons. The van der Waals surface area contributed by atoms with Crippen LogP contribution in [0.5, 0.6) is 11.5 Å². The molecule has 1 amide bonds. The van der Waals surface area contributed by atoms with Crippen molar-refractivity contribution >= 4 is 11.9 Å². The van der Waals surface area contributed by atoms with Crippen molar-refractivity contribution in [3.8, 4) is 11.5 Å². The fourth-order valence-electron chi connectivity index (χ4n) is 1.26. The maximum atomic E-state index is 11.5. The van der Waals surface area contributed by atoms with Crippen molar-refractivity contribution in [3.05, 3.63) is 23.8 Å². The molecule has 0 bridgehead atoms. The number of rotatable bonds is 3. The lowest BCUT2D eigenvalue weighted by Gasteiger charge is -2.12. The van der Waals surface area contributed by atoms with E-state index in [0.29, 0.717) is 11.3 Å². The molecule has 1 atom stereocenters. The van der Waals surface area contributed by atoms with Gasteiger partial charge < -0.3 is 15.2 Å². The zero-order valence-corrected chi connectivity index (χ0v) is 9.98. The molecular weight excluding hydrogens is 222 g/mol. The minimum absolute atomic E-state index is 0.139. The molecule has 1 aromatic carbocycles. The van der Waals surface area contributed by atoms with Gasteiger partial charge in [0, 0.05) is 6.92 Å². The lowest BCUT2D eigenvalue weighted by Crippen LogP contribution is -2.39. The molecule has 0 aromatic heterocycles. The number of carbonyl (C=O) groups is 2. The molecule has 5 nitrogen and oxygen atoms in total. The highest BCUT2D eigenvalue weighted by Gasteiger charge is 2.16. The summed E-state index contributed by atoms with van der Waals surface area (Å²) in [5.41, 5.74) is 0.613. The Bertz CT molecular complexity index is 442. The van der Waals surface area contributed by atoms with E-state index in [0.717, 1.165) is 0 Å². The number of hydrogen-bond acceptors (Lipinski definition) is 4. The lowest BCUT2D eigenvalue weighted by atomic mass is 10.2. The van der Waals surface area contributed by atoms with E-state index in [1.807, 2.05) is 0 Å². The Morgan fingerprint density at radius 1 is 1.41 bits per heavy atom. The molecule has 5 heteroatoms. The van der Waals surface area contributed by atoms with Crippen molar-refractivity contribution in [2.45, 2.75) is 26.8 Å². The predicted molar refractivity (Wildman–Crippen MR) is 61.8 cm³/mol. The zero-order valence-electron chi connectivity index (χ0n) is 9.98. The summed E-state index contributed by atoms with van der Waals surface area (Å²) in [7, 11) is 0. The number of amides is 1. The van der Waals surface area contributed by atoms with Crippen LogP contribution in [0.4, 0.5) is 0 Å². The molecule has 2 N–H and O–H groups in total. The molecule has 1 rings (SSSR count). The van der Waals surface area contributed by atoms with Crippen LogP contribution >= 0.6 is 0 Å². The Kier molecular flexibility index (Phi) is 4.09. The number of ether oxygens (including phenoxy) is 1. The van der Waals surface area contributed by atoms with E-state index < -0.39 is 12.0 Å². The van der Waals surface area contributed by atoms with Gasteiger partial charge in [0.05, 0.1) is 0 Å². The van der Waals surface area contributed by atoms with E-state index in [1.165, 1.54) is 26.0 Å². The monoisotopic (exact) mass is 237 g/mol. The van der Waals surface area contributed by atoms with Crippen LogP contribution < -0.4 is 10.1 Å². The summed E-state index contributed by atoms with van der Waals surface area (Å²) in [5, 5.41) is 11.7. The number of phenols is 1. The van der Waals surface area contributed by atoms with Crippen LogP contribution in [-0.2, 0) is 9.59 Å². The summed E-state index contributed by atoms with van der Waals surface area (Å²) in [6.45, 7) is 4.56. The van der Waals surface area contributed by atoms with Gasteiger partial charge in [-0.25, -0.2) is 4.79 Å². The van der Waals surface area contributed by atoms with Gasteiger partial charge in [-0.1, -0.05) is 0 Å². The molecule has 17 heavy (non-hydrogen) atoms. The molecule has 1 aromatic rings. The zero-order chi connectivity index (χ0) is 13.0. The Hall–Kier alpha value is -2.04. The van der Waals surface area contributed by atoms with E-state index in [4.69, 9.17) is 4.74 Å². The van der Waals surface area contributed by atoms with Gasteiger partial charge in [-0.15, -0.1) is 0 Å². The van der Waals surface area contributed by atoms with Crippen LogP contribution in [0.15, 0.2) is 18.2 Å². The van der Waals surface area contributed by atoms with Crippen molar-refractivity contribution in [3.63, 3.8) is 0 Å². The molecule has 0 aliphatic rings. The summed E-state index contributed by atoms with van der Waals surface area (Å²) in [4.78, 5) is 22.3. The van der Waals surface area contributed by atoms with Crippen molar-refractivity contribution < 1.29 is 19.4 Å². The van der Waals surface area contributed by atoms with Crippen molar-refractivity contribution in [1.82, 2.24) is 5.32 Å². The van der Waals surface area contributed by atoms with Crippen molar-refractivity contribution in [2.24, 2.45) is 0 Å². The van der Waals surface area contributed by atoms with Gasteiger partial charge in [-0.3, -0.25) is 4.79 Å². The third-order valence-electron chi connectivity index (χ3n) is 2.16.